The Labute approximate surface area is 554 Å². The Balaban J connectivity index is 0.746. The van der Waals surface area contributed by atoms with Crippen molar-refractivity contribution >= 4 is 90.0 Å². The van der Waals surface area contributed by atoms with Crippen molar-refractivity contribution in [2.24, 2.45) is 0 Å². The van der Waals surface area contributed by atoms with E-state index in [2.05, 4.69) is 38.5 Å². The van der Waals surface area contributed by atoms with E-state index < -0.39 is 52.8 Å². The van der Waals surface area contributed by atoms with Crippen molar-refractivity contribution in [3.05, 3.63) is 119 Å². The summed E-state index contributed by atoms with van der Waals surface area (Å²) in [5.74, 6) is 3.21. The van der Waals surface area contributed by atoms with Gasteiger partial charge in [0.15, 0.2) is 11.6 Å². The fourth-order valence-electron chi connectivity index (χ4n) is 16.0. The number of likely N-dealkylation sites (N-methyl/N-ethyl adjacent to an activating group) is 2. The number of alkyl halides is 2. The van der Waals surface area contributed by atoms with E-state index in [4.69, 9.17) is 62.3 Å². The number of hydrogen-bond acceptors (Lipinski definition) is 16. The molecular weight excluding hydrogens is 1270 g/mol. The van der Waals surface area contributed by atoms with Gasteiger partial charge >= 0.3 is 12.0 Å². The van der Waals surface area contributed by atoms with E-state index in [1.807, 2.05) is 36.2 Å². The van der Waals surface area contributed by atoms with Crippen LogP contribution < -0.4 is 24.6 Å². The minimum absolute atomic E-state index is 0.000754. The highest BCUT2D eigenvalue weighted by molar-refractivity contribution is 6.37. The number of carbonyl (C=O) groups excluding carboxylic acids is 2. The average molecular weight is 1340 g/mol. The molecule has 2 amide bonds. The summed E-state index contributed by atoms with van der Waals surface area (Å²) in [6.07, 6.45) is 6.38. The van der Waals surface area contributed by atoms with E-state index in [9.17, 15) is 9.59 Å². The lowest BCUT2D eigenvalue weighted by atomic mass is 9.84. The predicted octanol–water partition coefficient (Wildman–Crippen LogP) is 10.3. The van der Waals surface area contributed by atoms with Crippen molar-refractivity contribution in [3.8, 4) is 46.4 Å². The predicted molar refractivity (Wildman–Crippen MR) is 353 cm³/mol. The normalized spacial score (nSPS) is 25.2. The van der Waals surface area contributed by atoms with Crippen LogP contribution in [0.4, 0.5) is 33.6 Å². The summed E-state index contributed by atoms with van der Waals surface area (Å²) < 4.78 is 100. The molecule has 1 N–H and O–H groups in total. The molecule has 0 saturated carbocycles. The molecule has 0 radical (unpaired) electrons. The highest BCUT2D eigenvalue weighted by atomic mass is 35.5. The number of likely N-dealkylation sites (tertiary alicyclic amines) is 2. The number of nitrogens with one attached hydrogen (secondary N) is 1. The first kappa shape index (κ1) is 63.0. The quantitative estimate of drug-likeness (QED) is 0.0619. The van der Waals surface area contributed by atoms with Gasteiger partial charge in [0.25, 0.3) is 5.91 Å². The van der Waals surface area contributed by atoms with E-state index >= 15 is 22.0 Å². The van der Waals surface area contributed by atoms with Gasteiger partial charge in [0.05, 0.1) is 58.7 Å². The summed E-state index contributed by atoms with van der Waals surface area (Å²) in [5, 5.41) is 6.14. The summed E-state index contributed by atoms with van der Waals surface area (Å²) in [5.41, 5.74) is 0.216. The van der Waals surface area contributed by atoms with Crippen LogP contribution in [-0.2, 0) is 14.3 Å². The number of hydrogen-bond donors (Lipinski definition) is 1. The van der Waals surface area contributed by atoms with Gasteiger partial charge in [-0.25, -0.2) is 22.0 Å². The van der Waals surface area contributed by atoms with Crippen molar-refractivity contribution in [2.45, 2.75) is 92.4 Å². The molecular formula is C70H68Cl2F5N13O5. The van der Waals surface area contributed by atoms with E-state index in [0.717, 1.165) is 55.8 Å². The van der Waals surface area contributed by atoms with E-state index in [1.54, 1.807) is 53.4 Å². The van der Waals surface area contributed by atoms with Gasteiger partial charge in [0.1, 0.15) is 65.4 Å². The summed E-state index contributed by atoms with van der Waals surface area (Å²) in [6.45, 7) is 8.51. The number of halogens is 7. The molecule has 25 heteroatoms. The highest BCUT2D eigenvalue weighted by Crippen LogP contribution is 2.50. The fraction of sp³-hybridized carbons (Fsp3) is 0.429. The maximum absolute atomic E-state index is 18.1. The van der Waals surface area contributed by atoms with Crippen LogP contribution in [0, 0.1) is 29.3 Å². The van der Waals surface area contributed by atoms with Crippen LogP contribution in [0.3, 0.4) is 0 Å². The smallest absolute Gasteiger partial charge is 0.319 e. The number of morpholine rings is 1. The zero-order valence-corrected chi connectivity index (χ0v) is 53.9. The largest absolute Gasteiger partial charge is 0.461 e. The molecule has 8 atom stereocenters. The van der Waals surface area contributed by atoms with Crippen LogP contribution in [0.2, 0.25) is 10.0 Å². The number of benzene rings is 4. The molecule has 0 spiro atoms. The summed E-state index contributed by atoms with van der Waals surface area (Å²) in [7, 11) is 3.47. The second-order valence-corrected chi connectivity index (χ2v) is 27.1. The van der Waals surface area contributed by atoms with Crippen LogP contribution in [-0.4, -0.2) is 202 Å². The molecule has 18 nitrogen and oxygen atoms in total. The molecule has 7 saturated heterocycles. The van der Waals surface area contributed by atoms with Crippen LogP contribution in [0.25, 0.3) is 65.9 Å². The molecule has 0 bridgehead atoms. The minimum Gasteiger partial charge on any atom is -0.461 e. The van der Waals surface area contributed by atoms with Crippen molar-refractivity contribution in [1.82, 2.24) is 54.8 Å². The summed E-state index contributed by atoms with van der Waals surface area (Å²) in [4.78, 5) is 65.9. The first-order valence-electron chi connectivity index (χ1n) is 32.3. The van der Waals surface area contributed by atoms with Gasteiger partial charge in [-0.2, -0.15) is 19.9 Å². The highest BCUT2D eigenvalue weighted by Gasteiger charge is 2.51. The van der Waals surface area contributed by atoms with Crippen LogP contribution in [0.15, 0.2) is 85.7 Å². The second kappa shape index (κ2) is 25.1. The number of carbonyl (C=O) groups is 2. The van der Waals surface area contributed by atoms with Gasteiger partial charge in [-0.3, -0.25) is 34.7 Å². The van der Waals surface area contributed by atoms with Crippen molar-refractivity contribution in [3.63, 3.8) is 0 Å². The monoisotopic (exact) mass is 1340 g/mol. The third kappa shape index (κ3) is 11.2. The zero-order valence-electron chi connectivity index (χ0n) is 52.4. The zero-order chi connectivity index (χ0) is 65.6. The van der Waals surface area contributed by atoms with Crippen molar-refractivity contribution in [2.75, 3.05) is 109 Å². The summed E-state index contributed by atoms with van der Waals surface area (Å²) in [6, 6.07) is 15.7. The Kier molecular flexibility index (Phi) is 16.7. The fourth-order valence-corrected chi connectivity index (χ4v) is 16.5. The number of pyridine rings is 2. The van der Waals surface area contributed by atoms with Crippen molar-refractivity contribution in [1.29, 1.82) is 0 Å². The molecule has 95 heavy (non-hydrogen) atoms. The van der Waals surface area contributed by atoms with Gasteiger partial charge in [-0.05, 0) is 98.0 Å². The molecule has 8 aromatic rings. The maximum atomic E-state index is 18.1. The first-order valence-corrected chi connectivity index (χ1v) is 33.1. The van der Waals surface area contributed by atoms with Crippen molar-refractivity contribution < 1.29 is 45.8 Å². The lowest BCUT2D eigenvalue weighted by Crippen LogP contribution is -2.43. The van der Waals surface area contributed by atoms with Gasteiger partial charge in [-0.15, -0.1) is 0 Å². The van der Waals surface area contributed by atoms with Crippen LogP contribution in [0.5, 0.6) is 12.0 Å². The molecule has 11 heterocycles. The van der Waals surface area contributed by atoms with E-state index in [-0.39, 0.29) is 112 Å². The number of anilines is 2. The Morgan fingerprint density at radius 3 is 2.11 bits per heavy atom. The Bertz CT molecular complexity index is 4500. The van der Waals surface area contributed by atoms with Gasteiger partial charge in [0, 0.05) is 105 Å². The third-order valence-corrected chi connectivity index (χ3v) is 21.5. The Morgan fingerprint density at radius 1 is 0.758 bits per heavy atom. The standard InChI is InChI=1S/C70H68Cl2F5N13O5/c1-4-54(91)88-34-52(75)53(35-88)86(3)66-49-30-79-61(46-11-5-9-39-13-17-51(74)58(72)56(39)46)59(76)64(49)82-68(84-66)94-37-69-20-7-23-89(69)31-40(27-69)44-15-16-50(71)57-45(44)10-6-12-47(57)62-60(77)63-48(29-80-62)65(83-67(81-63)95-38-70-21-8-24-90(70)32-41(73)28-70)85(2)43-19-25-87(33-43)55(92)18-14-42-36-93-26-22-78-42/h4-6,9-13,15-17,29-30,40-43,52-53,78H,1,7-8,19-28,31-38H2,2-3H3/t40?,41-,42?,43-,52+,53+,69?,70+/m1/s1. The third-order valence-electron chi connectivity index (χ3n) is 20.8. The summed E-state index contributed by atoms with van der Waals surface area (Å²) >= 11 is 13.8. The lowest BCUT2D eigenvalue weighted by Gasteiger charge is -2.32. The molecule has 0 aliphatic carbocycles. The molecule has 15 rings (SSSR count). The number of ether oxygens (including phenoxy) is 3. The first-order chi connectivity index (χ1) is 46.0. The van der Waals surface area contributed by atoms with E-state index in [0.29, 0.717) is 97.8 Å². The molecule has 3 unspecified atom stereocenters. The Hall–Kier alpha value is -8.11. The number of aromatic nitrogens is 6. The Morgan fingerprint density at radius 2 is 1.42 bits per heavy atom. The van der Waals surface area contributed by atoms with Crippen LogP contribution >= 0.6 is 23.2 Å². The van der Waals surface area contributed by atoms with Gasteiger partial charge in [-0.1, -0.05) is 84.2 Å². The SMILES string of the molecule is C=CC(=O)N1C[C@H](F)[C@@H](N(C)c2nc(OCC34CCCN3CC(c3ccc(Cl)c5c(-c6ncc7c(N(C)[C@@H]8CCN(C(=O)C#CC9COCCN9)C8)nc(OC[C@@]89CCCN8C[C@H](F)C9)nc7c6F)cccc35)C4)nc3c(F)c(-c4cccc5ccc(F)c(Cl)c45)ncc23)C1. The second-order valence-electron chi connectivity index (χ2n) is 26.3. The topological polar surface area (TPSA) is 171 Å². The molecule has 7 aliphatic rings. The minimum atomic E-state index is -1.50. The van der Waals surface area contributed by atoms with E-state index in [1.165, 1.54) is 17.2 Å². The molecule has 4 aromatic carbocycles. The molecule has 7 aliphatic heterocycles. The number of fused-ring (bicyclic) bond motifs is 6. The van der Waals surface area contributed by atoms with Gasteiger partial charge in [0.2, 0.25) is 5.91 Å². The molecule has 7 fully saturated rings. The molecule has 492 valence electrons. The maximum Gasteiger partial charge on any atom is 0.319 e. The number of amides is 2. The number of rotatable bonds is 14. The average Bonchev–Trinajstić information content (AvgIpc) is 1.74. The number of nitrogens with zero attached hydrogens (tertiary/aromatic N) is 12. The van der Waals surface area contributed by atoms with Crippen LogP contribution in [0.1, 0.15) is 56.4 Å². The lowest BCUT2D eigenvalue weighted by molar-refractivity contribution is -0.125. The van der Waals surface area contributed by atoms with Gasteiger partial charge < -0.3 is 33.8 Å². The molecule has 4 aromatic heterocycles.